The van der Waals surface area contributed by atoms with Crippen LogP contribution in [0.25, 0.3) is 11.1 Å². The smallest absolute Gasteiger partial charge is 0.399 e. The molecule has 4 nitrogen and oxygen atoms in total. The van der Waals surface area contributed by atoms with E-state index in [-0.39, 0.29) is 0 Å². The SMILES string of the molecule is CC1(C)OB(c2cccc(C3(c4cccc(B5OC(C)(C)C(C)(C)O5)c4)c4ccccc4-c4ccccc43)c2)OC1(C)C. The zero-order valence-electron chi connectivity index (χ0n) is 26.5. The Morgan fingerprint density at radius 2 is 0.767 bits per heavy atom. The first kappa shape index (κ1) is 28.6. The molecular formula is C37H40B2O4. The molecule has 3 aliphatic rings. The van der Waals surface area contributed by atoms with Gasteiger partial charge in [0.25, 0.3) is 0 Å². The molecule has 43 heavy (non-hydrogen) atoms. The van der Waals surface area contributed by atoms with Crippen molar-refractivity contribution in [3.8, 4) is 11.1 Å². The maximum atomic E-state index is 6.52. The Balaban J connectivity index is 1.44. The van der Waals surface area contributed by atoms with Crippen molar-refractivity contribution in [3.63, 3.8) is 0 Å². The van der Waals surface area contributed by atoms with Gasteiger partial charge in [0.2, 0.25) is 0 Å². The average Bonchev–Trinajstić information content (AvgIpc) is 3.48. The van der Waals surface area contributed by atoms with Crippen LogP contribution >= 0.6 is 0 Å². The van der Waals surface area contributed by atoms with Crippen molar-refractivity contribution in [2.45, 2.75) is 83.2 Å². The summed E-state index contributed by atoms with van der Waals surface area (Å²) in [4.78, 5) is 0. The van der Waals surface area contributed by atoms with E-state index in [1.807, 2.05) is 0 Å². The van der Waals surface area contributed by atoms with Gasteiger partial charge in [-0.2, -0.15) is 0 Å². The van der Waals surface area contributed by atoms with E-state index in [1.54, 1.807) is 0 Å². The normalized spacial score (nSPS) is 22.0. The predicted molar refractivity (Wildman–Crippen MR) is 175 cm³/mol. The lowest BCUT2D eigenvalue weighted by molar-refractivity contribution is 0.00578. The Labute approximate surface area is 257 Å². The number of hydrogen-bond acceptors (Lipinski definition) is 4. The van der Waals surface area contributed by atoms with Gasteiger partial charge in [-0.1, -0.05) is 97.1 Å². The van der Waals surface area contributed by atoms with Gasteiger partial charge >= 0.3 is 14.2 Å². The molecule has 4 aromatic rings. The van der Waals surface area contributed by atoms with E-state index in [9.17, 15) is 0 Å². The number of benzene rings is 4. The van der Waals surface area contributed by atoms with Gasteiger partial charge in [-0.3, -0.25) is 0 Å². The fourth-order valence-electron chi connectivity index (χ4n) is 6.82. The summed E-state index contributed by atoms with van der Waals surface area (Å²) < 4.78 is 26.1. The topological polar surface area (TPSA) is 36.9 Å². The molecule has 0 bridgehead atoms. The molecule has 2 fully saturated rings. The third kappa shape index (κ3) is 4.14. The molecule has 7 rings (SSSR count). The van der Waals surface area contributed by atoms with Crippen molar-refractivity contribution < 1.29 is 18.6 Å². The summed E-state index contributed by atoms with van der Waals surface area (Å²) in [6.07, 6.45) is 0. The summed E-state index contributed by atoms with van der Waals surface area (Å²) in [5.74, 6) is 0. The molecule has 4 aromatic carbocycles. The summed E-state index contributed by atoms with van der Waals surface area (Å²) >= 11 is 0. The van der Waals surface area contributed by atoms with E-state index in [0.29, 0.717) is 0 Å². The van der Waals surface area contributed by atoms with E-state index < -0.39 is 42.1 Å². The average molecular weight is 570 g/mol. The van der Waals surface area contributed by atoms with Crippen molar-refractivity contribution in [2.24, 2.45) is 0 Å². The molecule has 0 aromatic heterocycles. The third-order valence-electron chi connectivity index (χ3n) is 10.6. The first-order valence-corrected chi connectivity index (χ1v) is 15.4. The van der Waals surface area contributed by atoms with E-state index >= 15 is 0 Å². The standard InChI is InChI=1S/C37H40B2O4/c1-33(2)34(3,4)41-38(40-33)27-17-13-15-25(23-27)37(31-21-11-9-19-29(31)30-20-10-12-22-32(30)37)26-16-14-18-28(24-26)39-42-35(5,6)36(7,8)43-39/h9-24H,1-8H3. The molecule has 0 radical (unpaired) electrons. The minimum atomic E-state index is -0.563. The van der Waals surface area contributed by atoms with Crippen LogP contribution in [-0.2, 0) is 24.0 Å². The second-order valence-electron chi connectivity index (χ2n) is 14.3. The molecule has 6 heteroatoms. The maximum absolute atomic E-state index is 6.52. The maximum Gasteiger partial charge on any atom is 0.494 e. The Hall–Kier alpha value is -3.15. The van der Waals surface area contributed by atoms with Gasteiger partial charge < -0.3 is 18.6 Å². The van der Waals surface area contributed by atoms with Gasteiger partial charge in [-0.15, -0.1) is 0 Å². The lowest BCUT2D eigenvalue weighted by Crippen LogP contribution is -2.41. The summed E-state index contributed by atoms with van der Waals surface area (Å²) in [7, 11) is -0.907. The van der Waals surface area contributed by atoms with Gasteiger partial charge in [0.1, 0.15) is 0 Å². The lowest BCUT2D eigenvalue weighted by Gasteiger charge is -2.34. The predicted octanol–water partition coefficient (Wildman–Crippen LogP) is 6.65. The van der Waals surface area contributed by atoms with Crippen LogP contribution in [0.15, 0.2) is 97.1 Å². The first-order chi connectivity index (χ1) is 20.3. The molecule has 0 saturated carbocycles. The zero-order chi connectivity index (χ0) is 30.4. The Morgan fingerprint density at radius 3 is 1.14 bits per heavy atom. The molecule has 0 amide bonds. The van der Waals surface area contributed by atoms with Gasteiger partial charge in [0, 0.05) is 0 Å². The van der Waals surface area contributed by atoms with Crippen LogP contribution in [-0.4, -0.2) is 36.6 Å². The van der Waals surface area contributed by atoms with Crippen LogP contribution in [0.2, 0.25) is 0 Å². The largest absolute Gasteiger partial charge is 0.494 e. The quantitative estimate of drug-likeness (QED) is 0.227. The van der Waals surface area contributed by atoms with Gasteiger partial charge in [-0.25, -0.2) is 0 Å². The van der Waals surface area contributed by atoms with Crippen LogP contribution in [0.4, 0.5) is 0 Å². The van der Waals surface area contributed by atoms with Crippen molar-refractivity contribution in [1.29, 1.82) is 0 Å². The van der Waals surface area contributed by atoms with Crippen LogP contribution in [0.5, 0.6) is 0 Å². The monoisotopic (exact) mass is 570 g/mol. The number of fused-ring (bicyclic) bond motifs is 3. The van der Waals surface area contributed by atoms with Gasteiger partial charge in [0.15, 0.2) is 0 Å². The van der Waals surface area contributed by atoms with E-state index in [2.05, 4.69) is 152 Å². The third-order valence-corrected chi connectivity index (χ3v) is 10.6. The highest BCUT2D eigenvalue weighted by molar-refractivity contribution is 6.62. The summed E-state index contributed by atoms with van der Waals surface area (Å²) in [5.41, 5.74) is 7.13. The van der Waals surface area contributed by atoms with E-state index in [0.717, 1.165) is 10.9 Å². The first-order valence-electron chi connectivity index (χ1n) is 15.4. The van der Waals surface area contributed by atoms with Gasteiger partial charge in [0.05, 0.1) is 27.8 Å². The van der Waals surface area contributed by atoms with Crippen molar-refractivity contribution >= 4 is 25.2 Å². The second kappa shape index (κ2) is 9.42. The molecule has 218 valence electrons. The number of hydrogen-bond donors (Lipinski definition) is 0. The van der Waals surface area contributed by atoms with Crippen molar-refractivity contribution in [2.75, 3.05) is 0 Å². The number of rotatable bonds is 4. The van der Waals surface area contributed by atoms with Gasteiger partial charge in [-0.05, 0) is 99.7 Å². The van der Waals surface area contributed by atoms with Crippen LogP contribution in [0.1, 0.15) is 77.6 Å². The molecule has 1 aliphatic carbocycles. The van der Waals surface area contributed by atoms with Crippen molar-refractivity contribution in [1.82, 2.24) is 0 Å². The highest BCUT2D eigenvalue weighted by atomic mass is 16.7. The molecular weight excluding hydrogens is 530 g/mol. The Bertz CT molecular complexity index is 1560. The van der Waals surface area contributed by atoms with Crippen molar-refractivity contribution in [3.05, 3.63) is 119 Å². The van der Waals surface area contributed by atoms with Crippen LogP contribution in [0, 0.1) is 0 Å². The lowest BCUT2D eigenvalue weighted by atomic mass is 9.64. The molecule has 2 heterocycles. The Morgan fingerprint density at radius 1 is 0.419 bits per heavy atom. The summed E-state index contributed by atoms with van der Waals surface area (Å²) in [6, 6.07) is 35.2. The minimum absolute atomic E-state index is 0.422. The molecule has 0 spiro atoms. The highest BCUT2D eigenvalue weighted by Gasteiger charge is 2.54. The Kier molecular flexibility index (Phi) is 6.27. The second-order valence-corrected chi connectivity index (χ2v) is 14.3. The van der Waals surface area contributed by atoms with Crippen LogP contribution in [0.3, 0.4) is 0 Å². The molecule has 0 unspecified atom stereocenters. The molecule has 0 N–H and O–H groups in total. The highest BCUT2D eigenvalue weighted by Crippen LogP contribution is 2.56. The van der Waals surface area contributed by atoms with E-state index in [4.69, 9.17) is 18.6 Å². The summed E-state index contributed by atoms with van der Waals surface area (Å²) in [5, 5.41) is 0. The minimum Gasteiger partial charge on any atom is -0.399 e. The zero-order valence-corrected chi connectivity index (χ0v) is 26.5. The molecule has 2 aliphatic heterocycles. The molecule has 2 saturated heterocycles. The fraction of sp³-hybridized carbons (Fsp3) is 0.351. The summed E-state index contributed by atoms with van der Waals surface area (Å²) in [6.45, 7) is 16.8. The molecule has 0 atom stereocenters. The fourth-order valence-corrected chi connectivity index (χ4v) is 6.82. The van der Waals surface area contributed by atoms with E-state index in [1.165, 1.54) is 33.4 Å². The van der Waals surface area contributed by atoms with Crippen LogP contribution < -0.4 is 10.9 Å².